The fraction of sp³-hybridized carbons (Fsp3) is 0.526. The van der Waals surface area contributed by atoms with E-state index in [9.17, 15) is 32.9 Å². The van der Waals surface area contributed by atoms with E-state index in [4.69, 9.17) is 14.2 Å². The van der Waals surface area contributed by atoms with Crippen LogP contribution in [0.15, 0.2) is 29.2 Å². The van der Waals surface area contributed by atoms with Gasteiger partial charge in [-0.25, -0.2) is 8.42 Å². The van der Waals surface area contributed by atoms with E-state index in [1.807, 2.05) is 0 Å². The first-order chi connectivity index (χ1) is 14.4. The lowest BCUT2D eigenvalue weighted by atomic mass is 10.1. The van der Waals surface area contributed by atoms with Crippen LogP contribution in [0.25, 0.3) is 0 Å². The summed E-state index contributed by atoms with van der Waals surface area (Å²) < 4.78 is 39.5. The molecule has 0 radical (unpaired) electrons. The number of carbonyl (C=O) groups is 3. The summed E-state index contributed by atoms with van der Waals surface area (Å²) in [6.45, 7) is 3.97. The van der Waals surface area contributed by atoms with Crippen LogP contribution in [-0.4, -0.2) is 55.3 Å². The number of hydrogen-bond acceptors (Lipinski definition) is 10. The molecule has 1 aromatic carbocycles. The van der Waals surface area contributed by atoms with E-state index in [1.54, 1.807) is 0 Å². The molecule has 11 nitrogen and oxygen atoms in total. The number of non-ortho nitro benzene ring substituents is 1. The Hall–Kier alpha value is -3.02. The van der Waals surface area contributed by atoms with Crippen molar-refractivity contribution in [2.45, 2.75) is 56.3 Å². The minimum absolute atomic E-state index is 0.0956. The Labute approximate surface area is 179 Å². The van der Waals surface area contributed by atoms with E-state index >= 15 is 0 Å². The molecular formula is C19H25NO10S. The van der Waals surface area contributed by atoms with Gasteiger partial charge in [0.1, 0.15) is 13.2 Å². The van der Waals surface area contributed by atoms with Crippen molar-refractivity contribution in [2.24, 2.45) is 0 Å². The second-order valence-electron chi connectivity index (χ2n) is 6.73. The molecule has 0 unspecified atom stereocenters. The molecule has 0 amide bonds. The highest BCUT2D eigenvalue weighted by atomic mass is 32.2. The highest BCUT2D eigenvalue weighted by molar-refractivity contribution is 7.93. The van der Waals surface area contributed by atoms with E-state index < -0.39 is 61.6 Å². The zero-order valence-electron chi connectivity index (χ0n) is 17.7. The van der Waals surface area contributed by atoms with Crippen LogP contribution in [0.3, 0.4) is 0 Å². The van der Waals surface area contributed by atoms with Crippen molar-refractivity contribution < 1.29 is 41.9 Å². The number of esters is 3. The van der Waals surface area contributed by atoms with Crippen LogP contribution in [0.5, 0.6) is 0 Å². The molecule has 0 aromatic heterocycles. The largest absolute Gasteiger partial charge is 0.463 e. The van der Waals surface area contributed by atoms with Crippen LogP contribution in [0.4, 0.5) is 5.69 Å². The highest BCUT2D eigenvalue weighted by Crippen LogP contribution is 2.31. The Morgan fingerprint density at radius 2 is 1.45 bits per heavy atom. The molecule has 1 rings (SSSR count). The first kappa shape index (κ1) is 26.0. The fourth-order valence-electron chi connectivity index (χ4n) is 2.32. The monoisotopic (exact) mass is 459 g/mol. The summed E-state index contributed by atoms with van der Waals surface area (Å²) in [5, 5.41) is 10.9. The number of nitrogens with zero attached hydrogens (tertiary/aromatic N) is 1. The van der Waals surface area contributed by atoms with Gasteiger partial charge in [0.2, 0.25) is 14.6 Å². The number of benzene rings is 1. The van der Waals surface area contributed by atoms with Crippen LogP contribution < -0.4 is 0 Å². The summed E-state index contributed by atoms with van der Waals surface area (Å²) in [6, 6.07) is 3.77. The summed E-state index contributed by atoms with van der Waals surface area (Å²) in [6.07, 6.45) is -0.925. The number of hydrogen-bond donors (Lipinski definition) is 0. The number of rotatable bonds is 11. The lowest BCUT2D eigenvalue weighted by Gasteiger charge is -2.30. The molecule has 0 bridgehead atoms. The van der Waals surface area contributed by atoms with E-state index in [0.717, 1.165) is 24.3 Å². The van der Waals surface area contributed by atoms with Crippen molar-refractivity contribution in [2.75, 3.05) is 13.2 Å². The summed E-state index contributed by atoms with van der Waals surface area (Å²) in [5.41, 5.74) is -0.371. The summed E-state index contributed by atoms with van der Waals surface area (Å²) >= 11 is 0. The molecule has 12 heteroatoms. The molecule has 0 spiro atoms. The smallest absolute Gasteiger partial charge is 0.335 e. The van der Waals surface area contributed by atoms with Gasteiger partial charge in [0.15, 0.2) is 0 Å². The second kappa shape index (κ2) is 10.8. The predicted octanol–water partition coefficient (Wildman–Crippen LogP) is 1.97. The van der Waals surface area contributed by atoms with Gasteiger partial charge in [0.05, 0.1) is 15.9 Å². The van der Waals surface area contributed by atoms with Gasteiger partial charge >= 0.3 is 17.9 Å². The Morgan fingerprint density at radius 1 is 1.00 bits per heavy atom. The molecule has 0 fully saturated rings. The molecule has 172 valence electrons. The van der Waals surface area contributed by atoms with E-state index in [-0.39, 0.29) is 18.5 Å². The molecule has 0 aliphatic carbocycles. The molecular weight excluding hydrogens is 434 g/mol. The lowest BCUT2D eigenvalue weighted by Crippen LogP contribution is -2.56. The molecule has 0 N–H and O–H groups in total. The molecule has 0 aliphatic rings. The van der Waals surface area contributed by atoms with Crippen LogP contribution in [0.2, 0.25) is 0 Å². The van der Waals surface area contributed by atoms with Gasteiger partial charge in [0.25, 0.3) is 5.69 Å². The minimum Gasteiger partial charge on any atom is -0.463 e. The molecule has 1 aromatic rings. The van der Waals surface area contributed by atoms with Crippen molar-refractivity contribution >= 4 is 33.4 Å². The van der Waals surface area contributed by atoms with Crippen molar-refractivity contribution in [3.8, 4) is 0 Å². The van der Waals surface area contributed by atoms with Crippen molar-refractivity contribution in [1.82, 2.24) is 0 Å². The summed E-state index contributed by atoms with van der Waals surface area (Å²) in [7, 11) is -4.71. The molecule has 31 heavy (non-hydrogen) atoms. The average Bonchev–Trinajstić information content (AvgIpc) is 2.72. The highest BCUT2D eigenvalue weighted by Gasteiger charge is 2.56. The number of nitro groups is 1. The second-order valence-corrected chi connectivity index (χ2v) is 8.99. The summed E-state index contributed by atoms with van der Waals surface area (Å²) in [5.74, 6) is -2.86. The maximum absolute atomic E-state index is 13.5. The third-order valence-corrected chi connectivity index (χ3v) is 6.42. The predicted molar refractivity (Wildman–Crippen MR) is 107 cm³/mol. The topological polar surface area (TPSA) is 156 Å². The molecule has 0 saturated carbocycles. The number of nitro benzene ring substituents is 1. The van der Waals surface area contributed by atoms with E-state index in [2.05, 4.69) is 0 Å². The quantitative estimate of drug-likeness (QED) is 0.207. The van der Waals surface area contributed by atoms with Gasteiger partial charge in [-0.3, -0.25) is 24.5 Å². The normalized spacial score (nSPS) is 11.6. The molecule has 0 atom stereocenters. The Morgan fingerprint density at radius 3 is 1.81 bits per heavy atom. The first-order valence-corrected chi connectivity index (χ1v) is 10.9. The van der Waals surface area contributed by atoms with Gasteiger partial charge in [-0.2, -0.15) is 0 Å². The molecule has 0 aliphatic heterocycles. The Balaban J connectivity index is 3.62. The van der Waals surface area contributed by atoms with Crippen molar-refractivity contribution in [3.63, 3.8) is 0 Å². The molecule has 0 saturated heterocycles. The standard InChI is InChI=1S/C19H25NO10S/c1-5-16(21)28-11-19(12-29-17(22)6-2,18(23)30-13(3)4)31(26,27)15-9-7-14(8-10-15)20(24)25/h7-10,13H,5-6,11-12H2,1-4H3. The third-order valence-electron chi connectivity index (χ3n) is 4.10. The van der Waals surface area contributed by atoms with Gasteiger partial charge in [-0.05, 0) is 26.0 Å². The summed E-state index contributed by atoms with van der Waals surface area (Å²) in [4.78, 5) is 46.1. The van der Waals surface area contributed by atoms with Crippen molar-refractivity contribution in [1.29, 1.82) is 0 Å². The Bertz CT molecular complexity index is 902. The maximum Gasteiger partial charge on any atom is 0.335 e. The number of carbonyl (C=O) groups excluding carboxylic acids is 3. The average molecular weight is 459 g/mol. The van der Waals surface area contributed by atoms with Gasteiger partial charge in [-0.15, -0.1) is 0 Å². The fourth-order valence-corrected chi connectivity index (χ4v) is 3.96. The number of ether oxygens (including phenoxy) is 3. The maximum atomic E-state index is 13.5. The van der Waals surface area contributed by atoms with Crippen LogP contribution in [0, 0.1) is 10.1 Å². The Kier molecular flexibility index (Phi) is 9.10. The van der Waals surface area contributed by atoms with E-state index in [0.29, 0.717) is 0 Å². The van der Waals surface area contributed by atoms with E-state index in [1.165, 1.54) is 27.7 Å². The number of sulfone groups is 1. The van der Waals surface area contributed by atoms with Gasteiger partial charge < -0.3 is 14.2 Å². The molecule has 0 heterocycles. The van der Waals surface area contributed by atoms with Gasteiger partial charge in [0, 0.05) is 25.0 Å². The zero-order chi connectivity index (χ0) is 23.8. The third kappa shape index (κ3) is 6.23. The van der Waals surface area contributed by atoms with Crippen LogP contribution in [0.1, 0.15) is 40.5 Å². The van der Waals surface area contributed by atoms with Crippen molar-refractivity contribution in [3.05, 3.63) is 34.4 Å². The van der Waals surface area contributed by atoms with Crippen LogP contribution in [-0.2, 0) is 38.4 Å². The first-order valence-electron chi connectivity index (χ1n) is 9.42. The van der Waals surface area contributed by atoms with Crippen LogP contribution >= 0.6 is 0 Å². The van der Waals surface area contributed by atoms with Gasteiger partial charge in [-0.1, -0.05) is 13.8 Å². The SMILES string of the molecule is CCC(=O)OCC(COC(=O)CC)(C(=O)OC(C)C)S(=O)(=O)c1ccc([N+](=O)[O-])cc1. The minimum atomic E-state index is -4.71. The zero-order valence-corrected chi connectivity index (χ0v) is 18.5. The lowest BCUT2D eigenvalue weighted by molar-refractivity contribution is -0.384.